The molecule has 0 aromatic heterocycles. The lowest BCUT2D eigenvalue weighted by atomic mass is 10.2. The summed E-state index contributed by atoms with van der Waals surface area (Å²) in [6.45, 7) is 5.21. The van der Waals surface area contributed by atoms with Crippen LogP contribution in [-0.2, 0) is 4.74 Å². The van der Waals surface area contributed by atoms with E-state index in [0.717, 1.165) is 5.69 Å². The van der Waals surface area contributed by atoms with Gasteiger partial charge < -0.3 is 10.1 Å². The van der Waals surface area contributed by atoms with Crippen molar-refractivity contribution < 1.29 is 9.66 Å². The van der Waals surface area contributed by atoms with Crippen LogP contribution < -0.4 is 5.32 Å². The van der Waals surface area contributed by atoms with Crippen LogP contribution in [0, 0.1) is 10.1 Å². The minimum Gasteiger partial charge on any atom is -0.380 e. The normalized spacial score (nSPS) is 12.2. The molecule has 0 amide bonds. The van der Waals surface area contributed by atoms with Crippen molar-refractivity contribution in [3.63, 3.8) is 0 Å². The zero-order valence-corrected chi connectivity index (χ0v) is 11.4. The second-order valence-electron chi connectivity index (χ2n) is 3.63. The van der Waals surface area contributed by atoms with Crippen molar-refractivity contribution in [2.24, 2.45) is 0 Å². The first-order chi connectivity index (χ1) is 8.04. The highest BCUT2D eigenvalue weighted by Gasteiger charge is 2.12. The number of benzene rings is 1. The van der Waals surface area contributed by atoms with Gasteiger partial charge in [0.25, 0.3) is 5.69 Å². The minimum atomic E-state index is -0.419. The van der Waals surface area contributed by atoms with Gasteiger partial charge in [-0.2, -0.15) is 0 Å². The van der Waals surface area contributed by atoms with Gasteiger partial charge in [-0.1, -0.05) is 0 Å². The molecule has 6 heteroatoms. The second-order valence-corrected chi connectivity index (χ2v) is 4.48. The number of nitro groups is 1. The largest absolute Gasteiger partial charge is 0.380 e. The SMILES string of the molecule is CCOCC(C)Nc1ccc([N+](=O)[O-])c(Br)c1. The lowest BCUT2D eigenvalue weighted by molar-refractivity contribution is -0.385. The van der Waals surface area contributed by atoms with Gasteiger partial charge in [-0.05, 0) is 41.9 Å². The summed E-state index contributed by atoms with van der Waals surface area (Å²) in [4.78, 5) is 10.2. The van der Waals surface area contributed by atoms with E-state index < -0.39 is 4.92 Å². The van der Waals surface area contributed by atoms with E-state index in [0.29, 0.717) is 17.7 Å². The summed E-state index contributed by atoms with van der Waals surface area (Å²) in [5.41, 5.74) is 0.891. The van der Waals surface area contributed by atoms with E-state index in [-0.39, 0.29) is 11.7 Å². The number of rotatable bonds is 6. The maximum absolute atomic E-state index is 10.6. The van der Waals surface area contributed by atoms with E-state index in [1.54, 1.807) is 12.1 Å². The Hall–Kier alpha value is -1.14. The molecular weight excluding hydrogens is 288 g/mol. The third-order valence-corrected chi connectivity index (χ3v) is 2.76. The number of nitrogens with zero attached hydrogens (tertiary/aromatic N) is 1. The van der Waals surface area contributed by atoms with Crippen molar-refractivity contribution in [3.8, 4) is 0 Å². The molecule has 0 aliphatic heterocycles. The molecule has 0 heterocycles. The predicted molar refractivity (Wildman–Crippen MR) is 70.4 cm³/mol. The number of ether oxygens (including phenoxy) is 1. The Balaban J connectivity index is 2.67. The predicted octanol–water partition coefficient (Wildman–Crippen LogP) is 3.19. The van der Waals surface area contributed by atoms with E-state index in [4.69, 9.17) is 4.74 Å². The summed E-state index contributed by atoms with van der Waals surface area (Å²) < 4.78 is 5.75. The van der Waals surface area contributed by atoms with Crippen molar-refractivity contribution in [1.29, 1.82) is 0 Å². The molecule has 1 atom stereocenters. The number of nitro benzene ring substituents is 1. The topological polar surface area (TPSA) is 64.4 Å². The van der Waals surface area contributed by atoms with Gasteiger partial charge in [0.2, 0.25) is 0 Å². The van der Waals surface area contributed by atoms with Crippen LogP contribution in [-0.4, -0.2) is 24.2 Å². The molecule has 0 radical (unpaired) electrons. The van der Waals surface area contributed by atoms with E-state index in [9.17, 15) is 10.1 Å². The summed E-state index contributed by atoms with van der Waals surface area (Å²) >= 11 is 3.18. The third kappa shape index (κ3) is 4.32. The maximum Gasteiger partial charge on any atom is 0.283 e. The van der Waals surface area contributed by atoms with Crippen LogP contribution >= 0.6 is 15.9 Å². The average Bonchev–Trinajstić information content (AvgIpc) is 2.26. The lowest BCUT2D eigenvalue weighted by Gasteiger charge is -2.15. The standard InChI is InChI=1S/C11H15BrN2O3/c1-3-17-7-8(2)13-9-4-5-11(14(15)16)10(12)6-9/h4-6,8,13H,3,7H2,1-2H3. The smallest absolute Gasteiger partial charge is 0.283 e. The van der Waals surface area contributed by atoms with Gasteiger partial charge in [0.05, 0.1) is 16.0 Å². The lowest BCUT2D eigenvalue weighted by Crippen LogP contribution is -2.21. The van der Waals surface area contributed by atoms with E-state index >= 15 is 0 Å². The number of hydrogen-bond acceptors (Lipinski definition) is 4. The number of hydrogen-bond donors (Lipinski definition) is 1. The quantitative estimate of drug-likeness (QED) is 0.647. The summed E-state index contributed by atoms with van der Waals surface area (Å²) in [5.74, 6) is 0. The van der Waals surface area contributed by atoms with Crippen molar-refractivity contribution >= 4 is 27.3 Å². The van der Waals surface area contributed by atoms with Crippen LogP contribution in [0.2, 0.25) is 0 Å². The van der Waals surface area contributed by atoms with Crippen LogP contribution in [0.1, 0.15) is 13.8 Å². The third-order valence-electron chi connectivity index (χ3n) is 2.13. The molecule has 0 aliphatic rings. The van der Waals surface area contributed by atoms with Crippen LogP contribution in [0.4, 0.5) is 11.4 Å². The molecule has 0 saturated carbocycles. The first-order valence-corrected chi connectivity index (χ1v) is 6.12. The highest BCUT2D eigenvalue weighted by molar-refractivity contribution is 9.10. The van der Waals surface area contributed by atoms with Crippen molar-refractivity contribution in [1.82, 2.24) is 0 Å². The number of nitrogens with one attached hydrogen (secondary N) is 1. The van der Waals surface area contributed by atoms with Gasteiger partial charge in [0.1, 0.15) is 0 Å². The maximum atomic E-state index is 10.6. The molecule has 1 aromatic rings. The van der Waals surface area contributed by atoms with Gasteiger partial charge in [-0.3, -0.25) is 10.1 Å². The zero-order chi connectivity index (χ0) is 12.8. The molecule has 1 rings (SSSR count). The Labute approximate surface area is 108 Å². The Morgan fingerprint density at radius 3 is 2.82 bits per heavy atom. The van der Waals surface area contributed by atoms with Gasteiger partial charge >= 0.3 is 0 Å². The molecule has 17 heavy (non-hydrogen) atoms. The van der Waals surface area contributed by atoms with Crippen LogP contribution in [0.25, 0.3) is 0 Å². The van der Waals surface area contributed by atoms with Crippen molar-refractivity contribution in [2.75, 3.05) is 18.5 Å². The Bertz CT molecular complexity index is 398. The van der Waals surface area contributed by atoms with Crippen LogP contribution in [0.5, 0.6) is 0 Å². The molecule has 0 saturated heterocycles. The molecule has 0 fully saturated rings. The zero-order valence-electron chi connectivity index (χ0n) is 9.77. The Kier molecular flexibility index (Phi) is 5.37. The molecule has 0 aliphatic carbocycles. The molecule has 1 aromatic carbocycles. The summed E-state index contributed by atoms with van der Waals surface area (Å²) in [7, 11) is 0. The van der Waals surface area contributed by atoms with E-state index in [1.807, 2.05) is 13.8 Å². The first-order valence-electron chi connectivity index (χ1n) is 5.32. The first kappa shape index (κ1) is 13.9. The van der Waals surface area contributed by atoms with Gasteiger partial charge in [-0.15, -0.1) is 0 Å². The monoisotopic (exact) mass is 302 g/mol. The van der Waals surface area contributed by atoms with E-state index in [1.165, 1.54) is 6.07 Å². The summed E-state index contributed by atoms with van der Waals surface area (Å²) in [6.07, 6.45) is 0. The molecular formula is C11H15BrN2O3. The summed E-state index contributed by atoms with van der Waals surface area (Å²) in [6, 6.07) is 5.01. The van der Waals surface area contributed by atoms with Gasteiger partial charge in [0.15, 0.2) is 0 Å². The molecule has 94 valence electrons. The van der Waals surface area contributed by atoms with Crippen molar-refractivity contribution in [3.05, 3.63) is 32.8 Å². The number of halogens is 1. The van der Waals surface area contributed by atoms with Crippen LogP contribution in [0.3, 0.4) is 0 Å². The van der Waals surface area contributed by atoms with Gasteiger partial charge in [-0.25, -0.2) is 0 Å². The van der Waals surface area contributed by atoms with E-state index in [2.05, 4.69) is 21.2 Å². The van der Waals surface area contributed by atoms with Crippen LogP contribution in [0.15, 0.2) is 22.7 Å². The number of anilines is 1. The fraction of sp³-hybridized carbons (Fsp3) is 0.455. The fourth-order valence-electron chi connectivity index (χ4n) is 1.37. The fourth-order valence-corrected chi connectivity index (χ4v) is 1.89. The average molecular weight is 303 g/mol. The highest BCUT2D eigenvalue weighted by Crippen LogP contribution is 2.27. The van der Waals surface area contributed by atoms with Gasteiger partial charge in [0, 0.05) is 24.4 Å². The van der Waals surface area contributed by atoms with Crippen molar-refractivity contribution in [2.45, 2.75) is 19.9 Å². The Morgan fingerprint density at radius 1 is 1.59 bits per heavy atom. The highest BCUT2D eigenvalue weighted by atomic mass is 79.9. The molecule has 5 nitrogen and oxygen atoms in total. The second kappa shape index (κ2) is 6.56. The molecule has 0 spiro atoms. The minimum absolute atomic E-state index is 0.0630. The Morgan fingerprint density at radius 2 is 2.29 bits per heavy atom. The molecule has 1 unspecified atom stereocenters. The molecule has 0 bridgehead atoms. The molecule has 1 N–H and O–H groups in total. The summed E-state index contributed by atoms with van der Waals surface area (Å²) in [5, 5.41) is 13.8.